The SMILES string of the molecule is Cc1cccc(N2C(=O)NC(=O)C(=Cc3ccc(N4CCN(C)CC4)o3)C2=O)c1. The summed E-state index contributed by atoms with van der Waals surface area (Å²) in [4.78, 5) is 42.8. The fourth-order valence-electron chi connectivity index (χ4n) is 3.42. The van der Waals surface area contributed by atoms with Crippen LogP contribution in [0.25, 0.3) is 6.08 Å². The van der Waals surface area contributed by atoms with Gasteiger partial charge in [0.05, 0.1) is 5.69 Å². The lowest BCUT2D eigenvalue weighted by Gasteiger charge is -2.32. The van der Waals surface area contributed by atoms with Crippen LogP contribution in [0.2, 0.25) is 0 Å². The fourth-order valence-corrected chi connectivity index (χ4v) is 3.42. The van der Waals surface area contributed by atoms with E-state index in [-0.39, 0.29) is 5.57 Å². The van der Waals surface area contributed by atoms with E-state index in [1.54, 1.807) is 24.3 Å². The Morgan fingerprint density at radius 2 is 1.79 bits per heavy atom. The third-order valence-electron chi connectivity index (χ3n) is 5.08. The molecule has 29 heavy (non-hydrogen) atoms. The molecule has 0 atom stereocenters. The van der Waals surface area contributed by atoms with E-state index >= 15 is 0 Å². The number of piperazine rings is 1. The van der Waals surface area contributed by atoms with Crippen molar-refractivity contribution in [2.24, 2.45) is 0 Å². The van der Waals surface area contributed by atoms with Crippen molar-refractivity contribution in [2.75, 3.05) is 43.0 Å². The van der Waals surface area contributed by atoms with Gasteiger partial charge < -0.3 is 14.2 Å². The zero-order valence-electron chi connectivity index (χ0n) is 16.3. The standard InChI is InChI=1S/C21H22N4O4/c1-14-4-3-5-15(12-14)25-20(27)17(19(26)22-21(25)28)13-16-6-7-18(29-16)24-10-8-23(2)9-11-24/h3-7,12-13H,8-11H2,1-2H3,(H,22,26,28). The normalized spacial score (nSPS) is 19.8. The van der Waals surface area contributed by atoms with Crippen molar-refractivity contribution in [3.8, 4) is 0 Å². The molecule has 0 aliphatic carbocycles. The number of likely N-dealkylation sites (N-methyl/N-ethyl adjacent to an activating group) is 1. The average molecular weight is 394 g/mol. The Hall–Kier alpha value is -3.39. The number of urea groups is 1. The number of nitrogens with zero attached hydrogens (tertiary/aromatic N) is 3. The van der Waals surface area contributed by atoms with Crippen molar-refractivity contribution in [3.05, 3.63) is 53.3 Å². The van der Waals surface area contributed by atoms with Gasteiger partial charge in [0.15, 0.2) is 5.88 Å². The smallest absolute Gasteiger partial charge is 0.335 e. The van der Waals surface area contributed by atoms with E-state index in [0.717, 1.165) is 36.6 Å². The number of amides is 4. The summed E-state index contributed by atoms with van der Waals surface area (Å²) in [7, 11) is 2.07. The summed E-state index contributed by atoms with van der Waals surface area (Å²) >= 11 is 0. The number of anilines is 2. The summed E-state index contributed by atoms with van der Waals surface area (Å²) in [6.07, 6.45) is 1.38. The first-order chi connectivity index (χ1) is 13.9. The van der Waals surface area contributed by atoms with Gasteiger partial charge in [-0.1, -0.05) is 12.1 Å². The van der Waals surface area contributed by atoms with Gasteiger partial charge in [0, 0.05) is 32.2 Å². The number of furan rings is 1. The molecule has 2 aliphatic rings. The van der Waals surface area contributed by atoms with Crippen LogP contribution < -0.4 is 15.1 Å². The molecule has 150 valence electrons. The third kappa shape index (κ3) is 3.79. The van der Waals surface area contributed by atoms with Crippen LogP contribution in [0.15, 0.2) is 46.4 Å². The summed E-state index contributed by atoms with van der Waals surface area (Å²) in [6, 6.07) is 9.75. The van der Waals surface area contributed by atoms with Crippen LogP contribution in [-0.4, -0.2) is 56.0 Å². The maximum absolute atomic E-state index is 12.9. The zero-order chi connectivity index (χ0) is 20.5. The number of benzene rings is 1. The second-order valence-corrected chi connectivity index (χ2v) is 7.26. The molecular formula is C21H22N4O4. The van der Waals surface area contributed by atoms with E-state index in [1.807, 2.05) is 19.1 Å². The largest absolute Gasteiger partial charge is 0.441 e. The summed E-state index contributed by atoms with van der Waals surface area (Å²) in [5.74, 6) is -0.334. The molecule has 4 rings (SSSR count). The van der Waals surface area contributed by atoms with Gasteiger partial charge in [-0.05, 0) is 43.8 Å². The van der Waals surface area contributed by atoms with Crippen LogP contribution in [0.3, 0.4) is 0 Å². The first-order valence-electron chi connectivity index (χ1n) is 9.44. The molecule has 3 heterocycles. The lowest BCUT2D eigenvalue weighted by molar-refractivity contribution is -0.122. The van der Waals surface area contributed by atoms with E-state index in [9.17, 15) is 14.4 Å². The van der Waals surface area contributed by atoms with Gasteiger partial charge in [0.1, 0.15) is 11.3 Å². The van der Waals surface area contributed by atoms with E-state index in [4.69, 9.17) is 4.42 Å². The number of rotatable bonds is 3. The number of barbiturate groups is 1. The second-order valence-electron chi connectivity index (χ2n) is 7.26. The third-order valence-corrected chi connectivity index (χ3v) is 5.08. The molecule has 8 nitrogen and oxygen atoms in total. The van der Waals surface area contributed by atoms with Gasteiger partial charge in [-0.2, -0.15) is 0 Å². The molecule has 2 aliphatic heterocycles. The monoisotopic (exact) mass is 394 g/mol. The quantitative estimate of drug-likeness (QED) is 0.633. The summed E-state index contributed by atoms with van der Waals surface area (Å²) < 4.78 is 5.84. The predicted octanol–water partition coefficient (Wildman–Crippen LogP) is 2.01. The molecule has 0 bridgehead atoms. The number of carbonyl (C=O) groups excluding carboxylic acids is 3. The first kappa shape index (κ1) is 18.9. The molecule has 1 aromatic carbocycles. The van der Waals surface area contributed by atoms with Crippen LogP contribution in [0.1, 0.15) is 11.3 Å². The van der Waals surface area contributed by atoms with Crippen molar-refractivity contribution < 1.29 is 18.8 Å². The molecule has 1 N–H and O–H groups in total. The Labute approximate surface area is 168 Å². The first-order valence-corrected chi connectivity index (χ1v) is 9.44. The Kier molecular flexibility index (Phi) is 4.94. The molecule has 4 amide bonds. The van der Waals surface area contributed by atoms with Gasteiger partial charge in [-0.15, -0.1) is 0 Å². The Morgan fingerprint density at radius 3 is 2.52 bits per heavy atom. The van der Waals surface area contributed by atoms with Crippen LogP contribution >= 0.6 is 0 Å². The van der Waals surface area contributed by atoms with Gasteiger partial charge in [-0.25, -0.2) is 9.69 Å². The number of carbonyl (C=O) groups is 3. The summed E-state index contributed by atoms with van der Waals surface area (Å²) in [6.45, 7) is 5.42. The number of hydrogen-bond acceptors (Lipinski definition) is 6. The van der Waals surface area contributed by atoms with Crippen LogP contribution in [-0.2, 0) is 9.59 Å². The predicted molar refractivity (Wildman–Crippen MR) is 109 cm³/mol. The van der Waals surface area contributed by atoms with E-state index in [1.165, 1.54) is 6.08 Å². The molecule has 0 spiro atoms. The van der Waals surface area contributed by atoms with Gasteiger partial charge in [0.2, 0.25) is 0 Å². The highest BCUT2D eigenvalue weighted by atomic mass is 16.4. The highest BCUT2D eigenvalue weighted by Gasteiger charge is 2.37. The van der Waals surface area contributed by atoms with Crippen LogP contribution in [0, 0.1) is 6.92 Å². The van der Waals surface area contributed by atoms with E-state index in [2.05, 4.69) is 22.2 Å². The maximum Gasteiger partial charge on any atom is 0.335 e. The molecule has 1 aromatic heterocycles. The minimum Gasteiger partial charge on any atom is -0.441 e. The lowest BCUT2D eigenvalue weighted by atomic mass is 10.1. The average Bonchev–Trinajstić information content (AvgIpc) is 3.14. The highest BCUT2D eigenvalue weighted by Crippen LogP contribution is 2.25. The number of aryl methyl sites for hydroxylation is 1. The molecule has 2 fully saturated rings. The van der Waals surface area contributed by atoms with Crippen molar-refractivity contribution in [3.63, 3.8) is 0 Å². The Morgan fingerprint density at radius 1 is 1.03 bits per heavy atom. The van der Waals surface area contributed by atoms with Gasteiger partial charge >= 0.3 is 6.03 Å². The summed E-state index contributed by atoms with van der Waals surface area (Å²) in [5.41, 5.74) is 1.15. The number of hydrogen-bond donors (Lipinski definition) is 1. The summed E-state index contributed by atoms with van der Waals surface area (Å²) in [5, 5.41) is 2.22. The number of imide groups is 2. The van der Waals surface area contributed by atoms with Crippen molar-refractivity contribution in [1.82, 2.24) is 10.2 Å². The molecule has 2 aromatic rings. The Bertz CT molecular complexity index is 1000. The number of nitrogens with one attached hydrogen (secondary N) is 1. The second kappa shape index (κ2) is 7.56. The minimum atomic E-state index is -0.764. The highest BCUT2D eigenvalue weighted by molar-refractivity contribution is 6.39. The molecular weight excluding hydrogens is 372 g/mol. The van der Waals surface area contributed by atoms with Crippen LogP contribution in [0.5, 0.6) is 0 Å². The molecule has 0 unspecified atom stereocenters. The Balaban J connectivity index is 1.60. The topological polar surface area (TPSA) is 86.1 Å². The molecule has 2 saturated heterocycles. The lowest BCUT2D eigenvalue weighted by Crippen LogP contribution is -2.54. The van der Waals surface area contributed by atoms with Gasteiger partial charge in [0.25, 0.3) is 11.8 Å². The molecule has 0 saturated carbocycles. The van der Waals surface area contributed by atoms with E-state index < -0.39 is 17.8 Å². The minimum absolute atomic E-state index is 0.148. The maximum atomic E-state index is 12.9. The zero-order valence-corrected chi connectivity index (χ0v) is 16.3. The fraction of sp³-hybridized carbons (Fsp3) is 0.286. The van der Waals surface area contributed by atoms with Crippen LogP contribution in [0.4, 0.5) is 16.4 Å². The van der Waals surface area contributed by atoms with Gasteiger partial charge in [-0.3, -0.25) is 14.9 Å². The van der Waals surface area contributed by atoms with Crippen molar-refractivity contribution >= 4 is 35.5 Å². The van der Waals surface area contributed by atoms with Crippen molar-refractivity contribution in [2.45, 2.75) is 6.92 Å². The van der Waals surface area contributed by atoms with Crippen molar-refractivity contribution in [1.29, 1.82) is 0 Å². The molecule has 8 heteroatoms. The molecule has 0 radical (unpaired) electrons. The van der Waals surface area contributed by atoms with E-state index in [0.29, 0.717) is 17.3 Å².